The summed E-state index contributed by atoms with van der Waals surface area (Å²) in [7, 11) is 0. The molecule has 1 rings (SSSR count). The number of esters is 1. The first-order valence-electron chi connectivity index (χ1n) is 6.44. The third kappa shape index (κ3) is 5.46. The van der Waals surface area contributed by atoms with Crippen molar-refractivity contribution < 1.29 is 18.3 Å². The van der Waals surface area contributed by atoms with E-state index >= 15 is 0 Å². The second-order valence-electron chi connectivity index (χ2n) is 4.51. The normalized spacial score (nSPS) is 12.5. The molecule has 0 radical (unpaired) electrons. The van der Waals surface area contributed by atoms with Crippen molar-refractivity contribution in [3.8, 4) is 0 Å². The standard InChI is InChI=1S/C14H19F2NO2S/c1-4-19-14(18)12(17-9(2)3)8-20-13-7-10(15)5-6-11(13)16/h5-7,9,12,17H,4,8H2,1-3H3. The van der Waals surface area contributed by atoms with Gasteiger partial charge in [-0.3, -0.25) is 4.79 Å². The number of nitrogens with one attached hydrogen (secondary N) is 1. The first-order valence-corrected chi connectivity index (χ1v) is 7.43. The molecule has 1 aromatic carbocycles. The number of hydrogen-bond donors (Lipinski definition) is 1. The average Bonchev–Trinajstić information content (AvgIpc) is 2.38. The Morgan fingerprint density at radius 1 is 1.40 bits per heavy atom. The lowest BCUT2D eigenvalue weighted by atomic mass is 10.3. The average molecular weight is 303 g/mol. The number of benzene rings is 1. The van der Waals surface area contributed by atoms with Crippen LogP contribution in [-0.4, -0.2) is 30.4 Å². The van der Waals surface area contributed by atoms with Crippen molar-refractivity contribution in [2.75, 3.05) is 12.4 Å². The molecule has 0 fully saturated rings. The lowest BCUT2D eigenvalue weighted by molar-refractivity contribution is -0.145. The van der Waals surface area contributed by atoms with Gasteiger partial charge < -0.3 is 10.1 Å². The lowest BCUT2D eigenvalue weighted by Gasteiger charge is -2.19. The molecule has 0 aliphatic carbocycles. The highest BCUT2D eigenvalue weighted by atomic mass is 32.2. The number of carbonyl (C=O) groups excluding carboxylic acids is 1. The van der Waals surface area contributed by atoms with Crippen LogP contribution in [0.15, 0.2) is 23.1 Å². The van der Waals surface area contributed by atoms with Crippen LogP contribution in [0.3, 0.4) is 0 Å². The van der Waals surface area contributed by atoms with E-state index in [2.05, 4.69) is 5.32 Å². The number of hydrogen-bond acceptors (Lipinski definition) is 4. The predicted octanol–water partition coefficient (Wildman–Crippen LogP) is 2.99. The fourth-order valence-electron chi connectivity index (χ4n) is 1.59. The molecule has 3 nitrogen and oxygen atoms in total. The summed E-state index contributed by atoms with van der Waals surface area (Å²) < 4.78 is 31.5. The lowest BCUT2D eigenvalue weighted by Crippen LogP contribution is -2.43. The molecular weight excluding hydrogens is 284 g/mol. The van der Waals surface area contributed by atoms with E-state index in [1.54, 1.807) is 6.92 Å². The summed E-state index contributed by atoms with van der Waals surface area (Å²) in [5.74, 6) is -1.11. The van der Waals surface area contributed by atoms with Gasteiger partial charge in [0.1, 0.15) is 17.7 Å². The van der Waals surface area contributed by atoms with Gasteiger partial charge in [-0.2, -0.15) is 0 Å². The zero-order valence-electron chi connectivity index (χ0n) is 11.8. The van der Waals surface area contributed by atoms with Gasteiger partial charge in [0.2, 0.25) is 0 Å². The number of ether oxygens (including phenoxy) is 1. The minimum Gasteiger partial charge on any atom is -0.465 e. The third-order valence-electron chi connectivity index (χ3n) is 2.40. The topological polar surface area (TPSA) is 38.3 Å². The Bertz CT molecular complexity index is 455. The third-order valence-corrected chi connectivity index (χ3v) is 3.53. The van der Waals surface area contributed by atoms with Gasteiger partial charge in [-0.1, -0.05) is 13.8 Å². The van der Waals surface area contributed by atoms with Gasteiger partial charge in [0, 0.05) is 16.7 Å². The Labute approximate surface area is 122 Å². The van der Waals surface area contributed by atoms with Crippen molar-refractivity contribution >= 4 is 17.7 Å². The molecule has 112 valence electrons. The number of thioether (sulfide) groups is 1. The molecule has 0 aromatic heterocycles. The van der Waals surface area contributed by atoms with E-state index in [9.17, 15) is 13.6 Å². The minimum atomic E-state index is -0.553. The van der Waals surface area contributed by atoms with Gasteiger partial charge in [0.05, 0.1) is 6.61 Å². The molecule has 6 heteroatoms. The number of carbonyl (C=O) groups is 1. The highest BCUT2D eigenvalue weighted by Gasteiger charge is 2.21. The predicted molar refractivity (Wildman–Crippen MR) is 75.8 cm³/mol. The maximum Gasteiger partial charge on any atom is 0.324 e. The smallest absolute Gasteiger partial charge is 0.324 e. The summed E-state index contributed by atoms with van der Waals surface area (Å²) >= 11 is 1.09. The van der Waals surface area contributed by atoms with E-state index in [0.717, 1.165) is 30.0 Å². The van der Waals surface area contributed by atoms with Crippen LogP contribution in [0.1, 0.15) is 20.8 Å². The fraction of sp³-hybridized carbons (Fsp3) is 0.500. The van der Waals surface area contributed by atoms with Gasteiger partial charge in [-0.25, -0.2) is 8.78 Å². The van der Waals surface area contributed by atoms with E-state index in [4.69, 9.17) is 4.74 Å². The zero-order valence-corrected chi connectivity index (χ0v) is 12.6. The second-order valence-corrected chi connectivity index (χ2v) is 5.57. The van der Waals surface area contributed by atoms with Crippen molar-refractivity contribution in [1.29, 1.82) is 0 Å². The Morgan fingerprint density at radius 3 is 2.70 bits per heavy atom. The van der Waals surface area contributed by atoms with E-state index in [0.29, 0.717) is 0 Å². The van der Waals surface area contributed by atoms with E-state index in [-0.39, 0.29) is 29.3 Å². The maximum absolute atomic E-state index is 13.5. The van der Waals surface area contributed by atoms with Gasteiger partial charge in [0.25, 0.3) is 0 Å². The summed E-state index contributed by atoms with van der Waals surface area (Å²) in [5.41, 5.74) is 0. The molecule has 0 spiro atoms. The molecular formula is C14H19F2NO2S. The summed E-state index contributed by atoms with van der Waals surface area (Å²) in [6.45, 7) is 5.82. The van der Waals surface area contributed by atoms with E-state index < -0.39 is 17.7 Å². The Kier molecular flexibility index (Phi) is 6.95. The first-order chi connectivity index (χ1) is 9.43. The monoisotopic (exact) mass is 303 g/mol. The van der Waals surface area contributed by atoms with Crippen LogP contribution in [-0.2, 0) is 9.53 Å². The van der Waals surface area contributed by atoms with Crippen LogP contribution in [0.5, 0.6) is 0 Å². The molecule has 0 aliphatic heterocycles. The molecule has 1 unspecified atom stereocenters. The Hall–Kier alpha value is -1.14. The summed E-state index contributed by atoms with van der Waals surface area (Å²) in [5, 5.41) is 3.06. The van der Waals surface area contributed by atoms with Gasteiger partial charge in [0.15, 0.2) is 0 Å². The van der Waals surface area contributed by atoms with Gasteiger partial charge >= 0.3 is 5.97 Å². The number of halogens is 2. The second kappa shape index (κ2) is 8.21. The van der Waals surface area contributed by atoms with Crippen molar-refractivity contribution in [2.24, 2.45) is 0 Å². The molecule has 0 saturated heterocycles. The van der Waals surface area contributed by atoms with Crippen LogP contribution >= 0.6 is 11.8 Å². The van der Waals surface area contributed by atoms with Crippen LogP contribution in [0.25, 0.3) is 0 Å². The summed E-state index contributed by atoms with van der Waals surface area (Å²) in [6.07, 6.45) is 0. The van der Waals surface area contributed by atoms with Crippen LogP contribution in [0, 0.1) is 11.6 Å². The van der Waals surface area contributed by atoms with Crippen LogP contribution in [0.2, 0.25) is 0 Å². The molecule has 0 heterocycles. The first kappa shape index (κ1) is 16.9. The molecule has 20 heavy (non-hydrogen) atoms. The van der Waals surface area contributed by atoms with Gasteiger partial charge in [-0.15, -0.1) is 11.8 Å². The van der Waals surface area contributed by atoms with Crippen LogP contribution < -0.4 is 5.32 Å². The molecule has 1 atom stereocenters. The Morgan fingerprint density at radius 2 is 2.10 bits per heavy atom. The molecule has 0 saturated carbocycles. The molecule has 0 bridgehead atoms. The Balaban J connectivity index is 2.70. The molecule has 1 aromatic rings. The van der Waals surface area contributed by atoms with E-state index in [1.807, 2.05) is 13.8 Å². The molecule has 0 aliphatic rings. The van der Waals surface area contributed by atoms with E-state index in [1.165, 1.54) is 0 Å². The molecule has 1 N–H and O–H groups in total. The van der Waals surface area contributed by atoms with Crippen molar-refractivity contribution in [2.45, 2.75) is 37.8 Å². The minimum absolute atomic E-state index is 0.0855. The van der Waals surface area contributed by atoms with Crippen molar-refractivity contribution in [3.63, 3.8) is 0 Å². The largest absolute Gasteiger partial charge is 0.465 e. The van der Waals surface area contributed by atoms with Crippen molar-refractivity contribution in [1.82, 2.24) is 5.32 Å². The van der Waals surface area contributed by atoms with Gasteiger partial charge in [-0.05, 0) is 25.1 Å². The highest BCUT2D eigenvalue weighted by Crippen LogP contribution is 2.23. The molecule has 0 amide bonds. The highest BCUT2D eigenvalue weighted by molar-refractivity contribution is 7.99. The fourth-order valence-corrected chi connectivity index (χ4v) is 2.57. The number of rotatable bonds is 7. The quantitative estimate of drug-likeness (QED) is 0.621. The van der Waals surface area contributed by atoms with Crippen molar-refractivity contribution in [3.05, 3.63) is 29.8 Å². The zero-order chi connectivity index (χ0) is 15.1. The summed E-state index contributed by atoms with van der Waals surface area (Å²) in [4.78, 5) is 12.0. The maximum atomic E-state index is 13.5. The summed E-state index contributed by atoms with van der Waals surface area (Å²) in [6, 6.07) is 2.80. The van der Waals surface area contributed by atoms with Crippen LogP contribution in [0.4, 0.5) is 8.78 Å². The SMILES string of the molecule is CCOC(=O)C(CSc1cc(F)ccc1F)NC(C)C.